The maximum absolute atomic E-state index is 12.5. The maximum atomic E-state index is 12.5. The Morgan fingerprint density at radius 2 is 1.96 bits per heavy atom. The molecule has 0 fully saturated rings. The molecular formula is C17H18N4OS. The molecule has 0 aliphatic rings. The first kappa shape index (κ1) is 15.4. The van der Waals surface area contributed by atoms with Crippen molar-refractivity contribution in [2.75, 3.05) is 5.32 Å². The van der Waals surface area contributed by atoms with Gasteiger partial charge in [-0.3, -0.25) is 14.8 Å². The van der Waals surface area contributed by atoms with Gasteiger partial charge in [-0.25, -0.2) is 4.98 Å². The molecule has 0 unspecified atom stereocenters. The number of benzene rings is 1. The van der Waals surface area contributed by atoms with E-state index in [9.17, 15) is 4.79 Å². The van der Waals surface area contributed by atoms with Crippen LogP contribution >= 0.6 is 11.3 Å². The predicted molar refractivity (Wildman–Crippen MR) is 92.0 cm³/mol. The number of hydrogen-bond donors (Lipinski definition) is 1. The molecule has 0 aliphatic heterocycles. The van der Waals surface area contributed by atoms with Crippen molar-refractivity contribution in [3.63, 3.8) is 0 Å². The Morgan fingerprint density at radius 3 is 2.61 bits per heavy atom. The first-order valence-electron chi connectivity index (χ1n) is 7.35. The Bertz CT molecular complexity index is 819. The van der Waals surface area contributed by atoms with Crippen molar-refractivity contribution in [1.29, 1.82) is 0 Å². The lowest BCUT2D eigenvalue weighted by atomic mass is 10.1. The SMILES string of the molecule is Cc1ccc(Cn2nc(C)c(C(=O)Nc3nccs3)c2C)cc1. The fourth-order valence-corrected chi connectivity index (χ4v) is 3.01. The monoisotopic (exact) mass is 326 g/mol. The predicted octanol–water partition coefficient (Wildman–Crippen LogP) is 3.57. The van der Waals surface area contributed by atoms with Crippen LogP contribution in [0, 0.1) is 20.8 Å². The number of carbonyl (C=O) groups excluding carboxylic acids is 1. The number of carbonyl (C=O) groups is 1. The normalized spacial score (nSPS) is 10.7. The highest BCUT2D eigenvalue weighted by molar-refractivity contribution is 7.13. The van der Waals surface area contributed by atoms with Crippen LogP contribution in [-0.4, -0.2) is 20.7 Å². The number of nitrogens with one attached hydrogen (secondary N) is 1. The van der Waals surface area contributed by atoms with Gasteiger partial charge in [0.2, 0.25) is 0 Å². The number of rotatable bonds is 4. The standard InChI is InChI=1S/C17H18N4OS/c1-11-4-6-14(7-5-11)10-21-13(3)15(12(2)20-21)16(22)19-17-18-8-9-23-17/h4-9H,10H2,1-3H3,(H,18,19,22). The molecule has 3 aromatic rings. The lowest BCUT2D eigenvalue weighted by molar-refractivity contribution is 0.102. The van der Waals surface area contributed by atoms with Crippen molar-refractivity contribution in [3.05, 3.63) is 63.9 Å². The summed E-state index contributed by atoms with van der Waals surface area (Å²) in [5.41, 5.74) is 4.59. The number of hydrogen-bond acceptors (Lipinski definition) is 4. The number of aromatic nitrogens is 3. The molecule has 0 saturated carbocycles. The summed E-state index contributed by atoms with van der Waals surface area (Å²) in [6, 6.07) is 8.33. The Hall–Kier alpha value is -2.47. The van der Waals surface area contributed by atoms with Gasteiger partial charge in [0.1, 0.15) is 0 Å². The van der Waals surface area contributed by atoms with E-state index in [4.69, 9.17) is 0 Å². The topological polar surface area (TPSA) is 59.8 Å². The first-order chi connectivity index (χ1) is 11.0. The molecule has 6 heteroatoms. The summed E-state index contributed by atoms with van der Waals surface area (Å²) in [4.78, 5) is 16.5. The molecule has 1 amide bonds. The largest absolute Gasteiger partial charge is 0.298 e. The van der Waals surface area contributed by atoms with Crippen molar-refractivity contribution in [3.8, 4) is 0 Å². The minimum Gasteiger partial charge on any atom is -0.298 e. The average molecular weight is 326 g/mol. The molecule has 0 aliphatic carbocycles. The maximum Gasteiger partial charge on any atom is 0.261 e. The van der Waals surface area contributed by atoms with E-state index in [-0.39, 0.29) is 5.91 Å². The third kappa shape index (κ3) is 3.32. The Morgan fingerprint density at radius 1 is 1.22 bits per heavy atom. The zero-order chi connectivity index (χ0) is 16.4. The van der Waals surface area contributed by atoms with Gasteiger partial charge in [0.15, 0.2) is 5.13 Å². The number of aryl methyl sites for hydroxylation is 2. The van der Waals surface area contributed by atoms with Crippen molar-refractivity contribution >= 4 is 22.4 Å². The van der Waals surface area contributed by atoms with Gasteiger partial charge in [-0.15, -0.1) is 11.3 Å². The fraction of sp³-hybridized carbons (Fsp3) is 0.235. The molecule has 3 rings (SSSR count). The minimum absolute atomic E-state index is 0.162. The van der Waals surface area contributed by atoms with Crippen molar-refractivity contribution in [1.82, 2.24) is 14.8 Å². The van der Waals surface area contributed by atoms with Gasteiger partial charge in [-0.1, -0.05) is 29.8 Å². The zero-order valence-corrected chi connectivity index (χ0v) is 14.1. The fourth-order valence-electron chi connectivity index (χ4n) is 2.49. The van der Waals surface area contributed by atoms with Crippen LogP contribution in [0.15, 0.2) is 35.8 Å². The lowest BCUT2D eigenvalue weighted by Crippen LogP contribution is -2.14. The second kappa shape index (κ2) is 6.34. The molecular weight excluding hydrogens is 308 g/mol. The van der Waals surface area contributed by atoms with E-state index in [0.717, 1.165) is 17.0 Å². The quantitative estimate of drug-likeness (QED) is 0.797. The average Bonchev–Trinajstić information content (AvgIpc) is 3.10. The molecule has 2 aromatic heterocycles. The van der Waals surface area contributed by atoms with Crippen LogP contribution in [0.5, 0.6) is 0 Å². The van der Waals surface area contributed by atoms with E-state index in [1.165, 1.54) is 16.9 Å². The first-order valence-corrected chi connectivity index (χ1v) is 8.23. The van der Waals surface area contributed by atoms with Crippen molar-refractivity contribution in [2.24, 2.45) is 0 Å². The summed E-state index contributed by atoms with van der Waals surface area (Å²) < 4.78 is 1.87. The number of nitrogens with zero attached hydrogens (tertiary/aromatic N) is 3. The van der Waals surface area contributed by atoms with E-state index < -0.39 is 0 Å². The van der Waals surface area contributed by atoms with E-state index in [0.29, 0.717) is 17.2 Å². The highest BCUT2D eigenvalue weighted by Gasteiger charge is 2.19. The van der Waals surface area contributed by atoms with Crippen LogP contribution in [0.2, 0.25) is 0 Å². The van der Waals surface area contributed by atoms with Gasteiger partial charge in [0.25, 0.3) is 5.91 Å². The minimum atomic E-state index is -0.162. The van der Waals surface area contributed by atoms with Crippen LogP contribution in [0.1, 0.15) is 32.9 Å². The highest BCUT2D eigenvalue weighted by atomic mass is 32.1. The molecule has 1 aromatic carbocycles. The second-order valence-corrected chi connectivity index (χ2v) is 6.38. The molecule has 0 radical (unpaired) electrons. The molecule has 23 heavy (non-hydrogen) atoms. The second-order valence-electron chi connectivity index (χ2n) is 5.48. The Labute approximate surface area is 139 Å². The van der Waals surface area contributed by atoms with E-state index in [1.54, 1.807) is 6.20 Å². The van der Waals surface area contributed by atoms with Crippen LogP contribution in [-0.2, 0) is 6.54 Å². The third-order valence-electron chi connectivity index (χ3n) is 3.71. The Kier molecular flexibility index (Phi) is 4.25. The van der Waals surface area contributed by atoms with E-state index in [2.05, 4.69) is 46.6 Å². The summed E-state index contributed by atoms with van der Waals surface area (Å²) in [7, 11) is 0. The molecule has 2 heterocycles. The van der Waals surface area contributed by atoms with Gasteiger partial charge < -0.3 is 0 Å². The van der Waals surface area contributed by atoms with Gasteiger partial charge in [-0.05, 0) is 26.3 Å². The molecule has 5 nitrogen and oxygen atoms in total. The molecule has 0 bridgehead atoms. The van der Waals surface area contributed by atoms with E-state index in [1.807, 2.05) is 23.9 Å². The molecule has 0 atom stereocenters. The van der Waals surface area contributed by atoms with Gasteiger partial charge in [-0.2, -0.15) is 5.10 Å². The number of thiazole rings is 1. The van der Waals surface area contributed by atoms with E-state index >= 15 is 0 Å². The van der Waals surface area contributed by atoms with Gasteiger partial charge in [0.05, 0.1) is 17.8 Å². The third-order valence-corrected chi connectivity index (χ3v) is 4.40. The van der Waals surface area contributed by atoms with Crippen molar-refractivity contribution < 1.29 is 4.79 Å². The van der Waals surface area contributed by atoms with Crippen LogP contribution < -0.4 is 5.32 Å². The lowest BCUT2D eigenvalue weighted by Gasteiger charge is -2.06. The summed E-state index contributed by atoms with van der Waals surface area (Å²) in [5, 5.41) is 9.76. The summed E-state index contributed by atoms with van der Waals surface area (Å²) in [6.45, 7) is 6.49. The molecule has 1 N–H and O–H groups in total. The number of anilines is 1. The number of amides is 1. The summed E-state index contributed by atoms with van der Waals surface area (Å²) in [6.07, 6.45) is 1.67. The van der Waals surface area contributed by atoms with Crippen LogP contribution in [0.4, 0.5) is 5.13 Å². The molecule has 0 saturated heterocycles. The van der Waals surface area contributed by atoms with Crippen LogP contribution in [0.25, 0.3) is 0 Å². The molecule has 118 valence electrons. The summed E-state index contributed by atoms with van der Waals surface area (Å²) >= 11 is 1.40. The highest BCUT2D eigenvalue weighted by Crippen LogP contribution is 2.18. The molecule has 0 spiro atoms. The van der Waals surface area contributed by atoms with Gasteiger partial charge in [0, 0.05) is 17.3 Å². The van der Waals surface area contributed by atoms with Gasteiger partial charge >= 0.3 is 0 Å². The Balaban J connectivity index is 1.84. The van der Waals surface area contributed by atoms with Crippen molar-refractivity contribution in [2.45, 2.75) is 27.3 Å². The van der Waals surface area contributed by atoms with Crippen LogP contribution in [0.3, 0.4) is 0 Å². The smallest absolute Gasteiger partial charge is 0.261 e. The zero-order valence-electron chi connectivity index (χ0n) is 13.3. The summed E-state index contributed by atoms with van der Waals surface area (Å²) in [5.74, 6) is -0.162.